The number of nitrogens with zero attached hydrogens (tertiary/aromatic N) is 2. The van der Waals surface area contributed by atoms with Gasteiger partial charge in [0.25, 0.3) is 5.91 Å². The van der Waals surface area contributed by atoms with Gasteiger partial charge in [0.05, 0.1) is 5.70 Å². The van der Waals surface area contributed by atoms with Crippen LogP contribution in [0.1, 0.15) is 32.6 Å². The third kappa shape index (κ3) is 4.54. The van der Waals surface area contributed by atoms with Crippen LogP contribution in [0.5, 0.6) is 0 Å². The zero-order valence-corrected chi connectivity index (χ0v) is 12.3. The highest BCUT2D eigenvalue weighted by Crippen LogP contribution is 2.28. The van der Waals surface area contributed by atoms with Crippen molar-refractivity contribution >= 4 is 12.6 Å². The van der Waals surface area contributed by atoms with Crippen molar-refractivity contribution in [2.75, 3.05) is 20.6 Å². The molecule has 0 unspecified atom stereocenters. The highest BCUT2D eigenvalue weighted by molar-refractivity contribution is 5.94. The Balaban J connectivity index is 2.89. The Hall–Kier alpha value is -1.58. The highest BCUT2D eigenvalue weighted by Gasteiger charge is 2.24. The summed E-state index contributed by atoms with van der Waals surface area (Å²) < 4.78 is 0. The largest absolute Gasteiger partial charge is 0.371 e. The molecular weight excluding hydrogens is 238 g/mol. The lowest BCUT2D eigenvalue weighted by molar-refractivity contribution is -0.118. The van der Waals surface area contributed by atoms with E-state index in [-0.39, 0.29) is 5.91 Å². The molecule has 19 heavy (non-hydrogen) atoms. The fourth-order valence-corrected chi connectivity index (χ4v) is 1.94. The summed E-state index contributed by atoms with van der Waals surface area (Å²) in [5.41, 5.74) is 2.03. The number of hydrogen-bond donors (Lipinski definition) is 1. The van der Waals surface area contributed by atoms with Gasteiger partial charge in [-0.15, -0.1) is 0 Å². The lowest BCUT2D eigenvalue weighted by Crippen LogP contribution is -2.33. The summed E-state index contributed by atoms with van der Waals surface area (Å²) >= 11 is 0. The average molecular weight is 263 g/mol. The van der Waals surface area contributed by atoms with Crippen LogP contribution in [0.2, 0.25) is 0 Å². The van der Waals surface area contributed by atoms with Crippen LogP contribution >= 0.6 is 0 Å². The normalized spacial score (nSPS) is 15.5. The third-order valence-corrected chi connectivity index (χ3v) is 3.18. The molecule has 1 saturated carbocycles. The van der Waals surface area contributed by atoms with E-state index in [4.69, 9.17) is 0 Å². The number of aliphatic imine (C=N–C) groups is 1. The number of hydrogen-bond acceptors (Lipinski definition) is 3. The predicted octanol–water partition coefficient (Wildman–Crippen LogP) is 2.34. The van der Waals surface area contributed by atoms with E-state index < -0.39 is 0 Å². The minimum absolute atomic E-state index is 0.0865. The second kappa shape index (κ2) is 7.12. The van der Waals surface area contributed by atoms with Gasteiger partial charge in [0.15, 0.2) is 0 Å². The van der Waals surface area contributed by atoms with Crippen molar-refractivity contribution in [3.63, 3.8) is 0 Å². The molecule has 0 bridgehead atoms. The van der Waals surface area contributed by atoms with Crippen molar-refractivity contribution in [2.24, 2.45) is 10.9 Å². The van der Waals surface area contributed by atoms with Gasteiger partial charge < -0.3 is 10.2 Å². The second-order valence-corrected chi connectivity index (χ2v) is 5.26. The van der Waals surface area contributed by atoms with Gasteiger partial charge in [0.1, 0.15) is 5.70 Å². The van der Waals surface area contributed by atoms with E-state index >= 15 is 0 Å². The molecule has 0 aromatic heterocycles. The van der Waals surface area contributed by atoms with Crippen molar-refractivity contribution in [1.29, 1.82) is 0 Å². The molecule has 0 heterocycles. The maximum atomic E-state index is 12.3. The van der Waals surface area contributed by atoms with Crippen molar-refractivity contribution < 1.29 is 4.79 Å². The molecular formula is C15H25N3O. The van der Waals surface area contributed by atoms with Gasteiger partial charge in [-0.05, 0) is 37.5 Å². The van der Waals surface area contributed by atoms with Crippen LogP contribution in [-0.2, 0) is 4.79 Å². The molecule has 1 aliphatic carbocycles. The zero-order valence-electron chi connectivity index (χ0n) is 12.3. The molecule has 0 saturated heterocycles. The first kappa shape index (κ1) is 15.5. The Morgan fingerprint density at radius 1 is 1.42 bits per heavy atom. The van der Waals surface area contributed by atoms with E-state index in [0.717, 1.165) is 25.0 Å². The third-order valence-electron chi connectivity index (χ3n) is 3.18. The Labute approximate surface area is 116 Å². The lowest BCUT2D eigenvalue weighted by Gasteiger charge is -2.20. The van der Waals surface area contributed by atoms with Crippen molar-refractivity contribution in [3.05, 3.63) is 23.5 Å². The van der Waals surface area contributed by atoms with Crippen molar-refractivity contribution in [2.45, 2.75) is 32.6 Å². The minimum atomic E-state index is -0.0865. The first-order valence-corrected chi connectivity index (χ1v) is 6.85. The molecule has 4 heteroatoms. The summed E-state index contributed by atoms with van der Waals surface area (Å²) in [5, 5.41) is 2.97. The molecule has 0 atom stereocenters. The number of carbonyl (C=O) groups is 1. The SMILES string of the molecule is C=N/C(C(=C)CCC)=C(\C(=O)NCC1CC1)N(C)C. The van der Waals surface area contributed by atoms with E-state index in [1.54, 1.807) is 4.90 Å². The average Bonchev–Trinajstić information content (AvgIpc) is 3.16. The highest BCUT2D eigenvalue weighted by atomic mass is 16.2. The van der Waals surface area contributed by atoms with E-state index in [0.29, 0.717) is 17.3 Å². The van der Waals surface area contributed by atoms with Gasteiger partial charge >= 0.3 is 0 Å². The second-order valence-electron chi connectivity index (χ2n) is 5.26. The van der Waals surface area contributed by atoms with Crippen LogP contribution in [0.15, 0.2) is 28.5 Å². The fraction of sp³-hybridized carbons (Fsp3) is 0.600. The molecule has 1 aliphatic rings. The summed E-state index contributed by atoms with van der Waals surface area (Å²) in [6.45, 7) is 10.4. The van der Waals surface area contributed by atoms with Gasteiger partial charge in [-0.3, -0.25) is 9.79 Å². The number of allylic oxidation sites excluding steroid dienone is 1. The predicted molar refractivity (Wildman–Crippen MR) is 80.0 cm³/mol. The number of rotatable bonds is 8. The van der Waals surface area contributed by atoms with Crippen LogP contribution in [0.25, 0.3) is 0 Å². The molecule has 1 fully saturated rings. The molecule has 0 aromatic rings. The molecule has 1 amide bonds. The number of likely N-dealkylation sites (N-methyl/N-ethyl adjacent to an activating group) is 1. The Kier molecular flexibility index (Phi) is 5.80. The van der Waals surface area contributed by atoms with Gasteiger partial charge in [-0.1, -0.05) is 19.9 Å². The number of amides is 1. The zero-order chi connectivity index (χ0) is 14.4. The summed E-state index contributed by atoms with van der Waals surface area (Å²) in [6.07, 6.45) is 4.23. The molecule has 106 valence electrons. The smallest absolute Gasteiger partial charge is 0.269 e. The molecule has 4 nitrogen and oxygen atoms in total. The van der Waals surface area contributed by atoms with Crippen molar-refractivity contribution in [3.8, 4) is 0 Å². The molecule has 0 aromatic carbocycles. The Bertz CT molecular complexity index is 392. The van der Waals surface area contributed by atoms with Crippen LogP contribution in [-0.4, -0.2) is 38.2 Å². The quantitative estimate of drug-likeness (QED) is 0.415. The topological polar surface area (TPSA) is 44.7 Å². The van der Waals surface area contributed by atoms with Gasteiger partial charge in [0, 0.05) is 20.6 Å². The number of carbonyl (C=O) groups excluding carboxylic acids is 1. The van der Waals surface area contributed by atoms with Crippen LogP contribution < -0.4 is 5.32 Å². The van der Waals surface area contributed by atoms with E-state index in [1.807, 2.05) is 14.1 Å². The molecule has 0 radical (unpaired) electrons. The molecule has 0 aliphatic heterocycles. The molecule has 0 spiro atoms. The standard InChI is InChI=1S/C15H25N3O/c1-6-7-11(2)13(16-3)14(18(4)5)15(19)17-10-12-8-9-12/h12H,2-3,6-10H2,1,4-5H3,(H,17,19)/b14-13+. The lowest BCUT2D eigenvalue weighted by atomic mass is 10.1. The van der Waals surface area contributed by atoms with E-state index in [9.17, 15) is 4.79 Å². The summed E-state index contributed by atoms with van der Waals surface area (Å²) in [5.74, 6) is 0.572. The van der Waals surface area contributed by atoms with Gasteiger partial charge in [-0.2, -0.15) is 0 Å². The fourth-order valence-electron chi connectivity index (χ4n) is 1.94. The maximum Gasteiger partial charge on any atom is 0.269 e. The maximum absolute atomic E-state index is 12.3. The molecule has 1 rings (SSSR count). The van der Waals surface area contributed by atoms with Crippen LogP contribution in [0, 0.1) is 5.92 Å². The first-order chi connectivity index (χ1) is 9.01. The Morgan fingerprint density at radius 3 is 2.47 bits per heavy atom. The minimum Gasteiger partial charge on any atom is -0.371 e. The summed E-state index contributed by atoms with van der Waals surface area (Å²) in [7, 11) is 3.69. The van der Waals surface area contributed by atoms with Crippen LogP contribution in [0.3, 0.4) is 0 Å². The van der Waals surface area contributed by atoms with E-state index in [1.165, 1.54) is 12.8 Å². The van der Waals surface area contributed by atoms with Gasteiger partial charge in [-0.25, -0.2) is 0 Å². The summed E-state index contributed by atoms with van der Waals surface area (Å²) in [6, 6.07) is 0. The monoisotopic (exact) mass is 263 g/mol. The van der Waals surface area contributed by atoms with Gasteiger partial charge in [0.2, 0.25) is 0 Å². The molecule has 1 N–H and O–H groups in total. The van der Waals surface area contributed by atoms with Crippen LogP contribution in [0.4, 0.5) is 0 Å². The van der Waals surface area contributed by atoms with E-state index in [2.05, 4.69) is 30.5 Å². The number of nitrogens with one attached hydrogen (secondary N) is 1. The summed E-state index contributed by atoms with van der Waals surface area (Å²) in [4.78, 5) is 18.1. The van der Waals surface area contributed by atoms with Crippen molar-refractivity contribution in [1.82, 2.24) is 10.2 Å². The first-order valence-electron chi connectivity index (χ1n) is 6.85. The Morgan fingerprint density at radius 2 is 2.05 bits per heavy atom.